The number of nitrogens with zero attached hydrogens (tertiary/aromatic N) is 1. The molecule has 0 aromatic heterocycles. The number of allylic oxidation sites excluding steroid dienone is 1. The lowest BCUT2D eigenvalue weighted by Crippen LogP contribution is -2.22. The molecule has 1 aliphatic rings. The second-order valence-corrected chi connectivity index (χ2v) is 6.23. The molecule has 0 aliphatic carbocycles. The largest absolute Gasteiger partial charge is 0.497 e. The molecule has 1 atom stereocenters. The molecule has 2 aromatic rings. The molecule has 0 amide bonds. The first-order valence-corrected chi connectivity index (χ1v) is 8.44. The average Bonchev–Trinajstić information content (AvgIpc) is 2.63. The van der Waals surface area contributed by atoms with E-state index in [2.05, 4.69) is 26.0 Å². The van der Waals surface area contributed by atoms with Crippen molar-refractivity contribution in [3.63, 3.8) is 0 Å². The van der Waals surface area contributed by atoms with E-state index >= 15 is 0 Å². The molecule has 4 nitrogen and oxygen atoms in total. The number of ether oxygens (including phenoxy) is 2. The summed E-state index contributed by atoms with van der Waals surface area (Å²) in [6.45, 7) is 4.22. The zero-order valence-electron chi connectivity index (χ0n) is 14.8. The number of methoxy groups -OCH3 is 1. The second-order valence-electron chi connectivity index (χ2n) is 6.23. The zero-order chi connectivity index (χ0) is 18.0. The van der Waals surface area contributed by atoms with E-state index < -0.39 is 0 Å². The third-order valence-electron chi connectivity index (χ3n) is 4.65. The van der Waals surface area contributed by atoms with Crippen LogP contribution in [0.1, 0.15) is 41.5 Å². The fraction of sp³-hybridized carbons (Fsp3) is 0.286. The number of rotatable bonds is 4. The molecule has 1 aliphatic heterocycles. The van der Waals surface area contributed by atoms with Gasteiger partial charge in [0.1, 0.15) is 23.1 Å². The molecule has 4 heteroatoms. The van der Waals surface area contributed by atoms with Gasteiger partial charge in [0.25, 0.3) is 0 Å². The lowest BCUT2D eigenvalue weighted by atomic mass is 9.81. The Morgan fingerprint density at radius 3 is 2.76 bits per heavy atom. The zero-order valence-corrected chi connectivity index (χ0v) is 14.8. The number of nitrogens with two attached hydrogens (primary N) is 1. The van der Waals surface area contributed by atoms with Crippen LogP contribution in [0.25, 0.3) is 0 Å². The van der Waals surface area contributed by atoms with Crippen molar-refractivity contribution >= 4 is 0 Å². The highest BCUT2D eigenvalue weighted by Crippen LogP contribution is 2.45. The van der Waals surface area contributed by atoms with E-state index in [9.17, 15) is 5.26 Å². The van der Waals surface area contributed by atoms with Crippen molar-refractivity contribution in [2.75, 3.05) is 7.11 Å². The Morgan fingerprint density at radius 2 is 2.08 bits per heavy atom. The lowest BCUT2D eigenvalue weighted by molar-refractivity contribution is 0.387. The van der Waals surface area contributed by atoms with Crippen molar-refractivity contribution in [3.8, 4) is 17.6 Å². The van der Waals surface area contributed by atoms with E-state index in [-0.39, 0.29) is 11.8 Å². The van der Waals surface area contributed by atoms with Gasteiger partial charge in [0.2, 0.25) is 5.88 Å². The minimum atomic E-state index is -0.250. The molecule has 3 rings (SSSR count). The van der Waals surface area contributed by atoms with Crippen LogP contribution in [0.5, 0.6) is 11.5 Å². The van der Waals surface area contributed by atoms with Crippen LogP contribution in [-0.4, -0.2) is 7.11 Å². The number of hydrogen-bond acceptors (Lipinski definition) is 4. The van der Waals surface area contributed by atoms with Crippen molar-refractivity contribution in [2.45, 2.75) is 32.6 Å². The van der Waals surface area contributed by atoms with Crippen LogP contribution in [0, 0.1) is 18.3 Å². The molecule has 0 bridgehead atoms. The van der Waals surface area contributed by atoms with Crippen molar-refractivity contribution in [3.05, 3.63) is 70.1 Å². The minimum Gasteiger partial charge on any atom is -0.497 e. The second kappa shape index (κ2) is 6.90. The third kappa shape index (κ3) is 2.94. The topological polar surface area (TPSA) is 68.3 Å². The van der Waals surface area contributed by atoms with Gasteiger partial charge in [-0.3, -0.25) is 0 Å². The molecule has 0 fully saturated rings. The van der Waals surface area contributed by atoms with E-state index in [1.54, 1.807) is 7.11 Å². The predicted octanol–water partition coefficient (Wildman–Crippen LogP) is 4.17. The van der Waals surface area contributed by atoms with Gasteiger partial charge in [-0.2, -0.15) is 5.26 Å². The smallest absolute Gasteiger partial charge is 0.205 e. The van der Waals surface area contributed by atoms with Gasteiger partial charge in [-0.25, -0.2) is 0 Å². The summed E-state index contributed by atoms with van der Waals surface area (Å²) >= 11 is 0. The van der Waals surface area contributed by atoms with Gasteiger partial charge < -0.3 is 15.2 Å². The Balaban J connectivity index is 2.24. The highest BCUT2D eigenvalue weighted by molar-refractivity contribution is 5.60. The molecule has 128 valence electrons. The highest BCUT2D eigenvalue weighted by atomic mass is 16.5. The van der Waals surface area contributed by atoms with Crippen LogP contribution in [-0.2, 0) is 6.42 Å². The van der Waals surface area contributed by atoms with Gasteiger partial charge in [0.15, 0.2) is 0 Å². The van der Waals surface area contributed by atoms with Gasteiger partial charge in [0.05, 0.1) is 13.0 Å². The average molecular weight is 334 g/mol. The Labute approximate surface area is 148 Å². The van der Waals surface area contributed by atoms with Crippen molar-refractivity contribution in [1.29, 1.82) is 5.26 Å². The summed E-state index contributed by atoms with van der Waals surface area (Å²) in [7, 11) is 1.63. The fourth-order valence-corrected chi connectivity index (χ4v) is 3.40. The number of nitriles is 1. The molecular weight excluding hydrogens is 312 g/mol. The molecule has 0 spiro atoms. The predicted molar refractivity (Wildman–Crippen MR) is 97.5 cm³/mol. The Hall–Kier alpha value is -2.93. The molecule has 0 saturated carbocycles. The number of aryl methyl sites for hydroxylation is 1. The van der Waals surface area contributed by atoms with Crippen LogP contribution in [0.2, 0.25) is 0 Å². The quantitative estimate of drug-likeness (QED) is 0.911. The monoisotopic (exact) mass is 334 g/mol. The molecular formula is C21H22N2O2. The Kier molecular flexibility index (Phi) is 4.67. The maximum absolute atomic E-state index is 9.67. The standard InChI is InChI=1S/C21H22N2O2/c1-4-6-16-13(2)9-10-17-19(14-7-5-8-15(11-14)24-3)18(12-22)21(23)25-20(16)17/h5,7-11,19H,4,6,23H2,1-3H3. The van der Waals surface area contributed by atoms with Crippen LogP contribution in [0.3, 0.4) is 0 Å². The van der Waals surface area contributed by atoms with Gasteiger partial charge >= 0.3 is 0 Å². The van der Waals surface area contributed by atoms with Crippen LogP contribution >= 0.6 is 0 Å². The van der Waals surface area contributed by atoms with Gasteiger partial charge in [-0.1, -0.05) is 37.6 Å². The number of hydrogen-bond donors (Lipinski definition) is 1. The third-order valence-corrected chi connectivity index (χ3v) is 4.65. The maximum atomic E-state index is 9.67. The van der Waals surface area contributed by atoms with E-state index in [0.717, 1.165) is 41.0 Å². The summed E-state index contributed by atoms with van der Waals surface area (Å²) in [6.07, 6.45) is 1.92. The SMILES string of the molecule is CCCc1c(C)ccc2c1OC(N)=C(C#N)C2c1cccc(OC)c1. The van der Waals surface area contributed by atoms with E-state index in [4.69, 9.17) is 15.2 Å². The lowest BCUT2D eigenvalue weighted by Gasteiger charge is -2.29. The van der Waals surface area contributed by atoms with Gasteiger partial charge in [0, 0.05) is 5.56 Å². The normalized spacial score (nSPS) is 16.0. The maximum Gasteiger partial charge on any atom is 0.205 e. The number of fused-ring (bicyclic) bond motifs is 1. The Bertz CT molecular complexity index is 878. The van der Waals surface area contributed by atoms with Crippen molar-refractivity contribution in [1.82, 2.24) is 0 Å². The van der Waals surface area contributed by atoms with Crippen LogP contribution in [0.15, 0.2) is 47.9 Å². The van der Waals surface area contributed by atoms with Crippen LogP contribution in [0.4, 0.5) is 0 Å². The molecule has 2 N–H and O–H groups in total. The summed E-state index contributed by atoms with van der Waals surface area (Å²) in [6, 6.07) is 14.1. The van der Waals surface area contributed by atoms with Gasteiger partial charge in [-0.05, 0) is 42.2 Å². The first-order valence-electron chi connectivity index (χ1n) is 8.44. The van der Waals surface area contributed by atoms with Crippen molar-refractivity contribution < 1.29 is 9.47 Å². The number of benzene rings is 2. The molecule has 25 heavy (non-hydrogen) atoms. The van der Waals surface area contributed by atoms with E-state index in [1.165, 1.54) is 5.56 Å². The molecule has 2 aromatic carbocycles. The van der Waals surface area contributed by atoms with Crippen LogP contribution < -0.4 is 15.2 Å². The molecule has 1 heterocycles. The first-order chi connectivity index (χ1) is 12.1. The Morgan fingerprint density at radius 1 is 1.28 bits per heavy atom. The van der Waals surface area contributed by atoms with Gasteiger partial charge in [-0.15, -0.1) is 0 Å². The highest BCUT2D eigenvalue weighted by Gasteiger charge is 2.32. The van der Waals surface area contributed by atoms with E-state index in [1.807, 2.05) is 30.3 Å². The minimum absolute atomic E-state index is 0.186. The molecule has 0 saturated heterocycles. The first kappa shape index (κ1) is 16.9. The molecule has 0 radical (unpaired) electrons. The van der Waals surface area contributed by atoms with E-state index in [0.29, 0.717) is 5.57 Å². The summed E-state index contributed by atoms with van der Waals surface area (Å²) in [5.74, 6) is 1.49. The summed E-state index contributed by atoms with van der Waals surface area (Å²) in [4.78, 5) is 0. The fourth-order valence-electron chi connectivity index (χ4n) is 3.40. The molecule has 1 unspecified atom stereocenters. The summed E-state index contributed by atoms with van der Waals surface area (Å²) in [5, 5.41) is 9.67. The summed E-state index contributed by atoms with van der Waals surface area (Å²) < 4.78 is 11.3. The summed E-state index contributed by atoms with van der Waals surface area (Å²) in [5.41, 5.74) is 10.8. The van der Waals surface area contributed by atoms with Crippen molar-refractivity contribution in [2.24, 2.45) is 5.73 Å².